The van der Waals surface area contributed by atoms with Crippen LogP contribution in [0.3, 0.4) is 0 Å². The fraction of sp³-hybridized carbons (Fsp3) is 0.133. The quantitative estimate of drug-likeness (QED) is 0.776. The summed E-state index contributed by atoms with van der Waals surface area (Å²) in [5.41, 5.74) is 2.88. The van der Waals surface area contributed by atoms with Crippen LogP contribution >= 0.6 is 0 Å². The predicted molar refractivity (Wildman–Crippen MR) is 76.9 cm³/mol. The molecule has 3 rings (SSSR count). The van der Waals surface area contributed by atoms with E-state index in [4.69, 9.17) is 0 Å². The van der Waals surface area contributed by atoms with Crippen LogP contribution in [0.4, 0.5) is 5.82 Å². The first-order chi connectivity index (χ1) is 9.40. The molecule has 0 amide bonds. The summed E-state index contributed by atoms with van der Waals surface area (Å²) in [5.74, 6) is 0.807. The van der Waals surface area contributed by atoms with Crippen LogP contribution in [0.25, 0.3) is 22.2 Å². The Morgan fingerprint density at radius 3 is 2.68 bits per heavy atom. The summed E-state index contributed by atoms with van der Waals surface area (Å²) < 4.78 is 0. The molecule has 0 aliphatic carbocycles. The lowest BCUT2D eigenvalue weighted by atomic mass is 10.1. The summed E-state index contributed by atoms with van der Waals surface area (Å²) >= 11 is 0. The van der Waals surface area contributed by atoms with E-state index in [1.807, 2.05) is 37.4 Å². The van der Waals surface area contributed by atoms with E-state index in [0.717, 1.165) is 34.5 Å². The Labute approximate surface area is 111 Å². The molecular formula is C15H14N4. The van der Waals surface area contributed by atoms with Gasteiger partial charge in [0.25, 0.3) is 0 Å². The molecule has 94 valence electrons. The fourth-order valence-electron chi connectivity index (χ4n) is 2.13. The molecule has 0 aliphatic rings. The Hall–Kier alpha value is -2.49. The van der Waals surface area contributed by atoms with E-state index >= 15 is 0 Å². The van der Waals surface area contributed by atoms with Crippen molar-refractivity contribution in [2.24, 2.45) is 0 Å². The first kappa shape index (κ1) is 11.6. The lowest BCUT2D eigenvalue weighted by Gasteiger charge is -2.10. The molecule has 0 spiro atoms. The molecule has 0 atom stereocenters. The highest BCUT2D eigenvalue weighted by Crippen LogP contribution is 2.29. The van der Waals surface area contributed by atoms with Crippen molar-refractivity contribution in [1.29, 1.82) is 0 Å². The van der Waals surface area contributed by atoms with Crippen molar-refractivity contribution in [2.45, 2.75) is 6.92 Å². The van der Waals surface area contributed by atoms with Gasteiger partial charge >= 0.3 is 0 Å². The molecule has 0 fully saturated rings. The van der Waals surface area contributed by atoms with E-state index < -0.39 is 0 Å². The van der Waals surface area contributed by atoms with Crippen LogP contribution in [0.15, 0.2) is 48.9 Å². The van der Waals surface area contributed by atoms with Crippen LogP contribution in [0.5, 0.6) is 0 Å². The van der Waals surface area contributed by atoms with Gasteiger partial charge in [0, 0.05) is 36.1 Å². The van der Waals surface area contributed by atoms with E-state index in [2.05, 4.69) is 26.3 Å². The molecule has 4 heteroatoms. The molecule has 2 heterocycles. The number of nitrogens with zero attached hydrogens (tertiary/aromatic N) is 3. The number of para-hydroxylation sites is 1. The number of benzene rings is 1. The van der Waals surface area contributed by atoms with E-state index in [-0.39, 0.29) is 0 Å². The van der Waals surface area contributed by atoms with Crippen LogP contribution in [0.1, 0.15) is 6.92 Å². The first-order valence-corrected chi connectivity index (χ1v) is 6.29. The molecule has 0 bridgehead atoms. The zero-order chi connectivity index (χ0) is 13.1. The number of pyridine rings is 1. The SMILES string of the molecule is CCNc1nccnc1-c1ccnc2ccccc12. The Balaban J connectivity index is 2.25. The minimum absolute atomic E-state index is 0.807. The van der Waals surface area contributed by atoms with Crippen molar-refractivity contribution >= 4 is 16.7 Å². The van der Waals surface area contributed by atoms with Crippen molar-refractivity contribution in [3.05, 3.63) is 48.9 Å². The molecule has 0 saturated heterocycles. The average Bonchev–Trinajstić information content (AvgIpc) is 2.48. The standard InChI is InChI=1S/C15H14N4/c1-2-16-15-14(18-9-10-19-15)12-7-8-17-13-6-4-3-5-11(12)13/h3-10H,2H2,1H3,(H,16,19). The molecule has 0 radical (unpaired) electrons. The average molecular weight is 250 g/mol. The maximum absolute atomic E-state index is 4.46. The van der Waals surface area contributed by atoms with Crippen LogP contribution in [-0.4, -0.2) is 21.5 Å². The van der Waals surface area contributed by atoms with Gasteiger partial charge in [0.05, 0.1) is 5.52 Å². The lowest BCUT2D eigenvalue weighted by molar-refractivity contribution is 1.13. The number of nitrogens with one attached hydrogen (secondary N) is 1. The zero-order valence-corrected chi connectivity index (χ0v) is 10.7. The van der Waals surface area contributed by atoms with Gasteiger partial charge in [0.15, 0.2) is 5.82 Å². The third-order valence-corrected chi connectivity index (χ3v) is 2.95. The Morgan fingerprint density at radius 1 is 0.947 bits per heavy atom. The molecule has 3 aromatic rings. The molecule has 0 aliphatic heterocycles. The summed E-state index contributed by atoms with van der Waals surface area (Å²) in [7, 11) is 0. The summed E-state index contributed by atoms with van der Waals surface area (Å²) in [6.45, 7) is 2.86. The largest absolute Gasteiger partial charge is 0.369 e. The lowest BCUT2D eigenvalue weighted by Crippen LogP contribution is -2.02. The van der Waals surface area contributed by atoms with E-state index in [0.29, 0.717) is 0 Å². The number of hydrogen-bond donors (Lipinski definition) is 1. The van der Waals surface area contributed by atoms with Crippen LogP contribution in [0, 0.1) is 0 Å². The second-order valence-corrected chi connectivity index (χ2v) is 4.16. The fourth-order valence-corrected chi connectivity index (χ4v) is 2.13. The van der Waals surface area contributed by atoms with Gasteiger partial charge < -0.3 is 5.32 Å². The first-order valence-electron chi connectivity index (χ1n) is 6.29. The Kier molecular flexibility index (Phi) is 3.06. The summed E-state index contributed by atoms with van der Waals surface area (Å²) in [6, 6.07) is 10.0. The minimum Gasteiger partial charge on any atom is -0.369 e. The maximum Gasteiger partial charge on any atom is 0.152 e. The number of rotatable bonds is 3. The molecular weight excluding hydrogens is 236 g/mol. The molecule has 0 saturated carbocycles. The highest BCUT2D eigenvalue weighted by molar-refractivity contribution is 5.95. The highest BCUT2D eigenvalue weighted by Gasteiger charge is 2.10. The van der Waals surface area contributed by atoms with Gasteiger partial charge in [-0.2, -0.15) is 0 Å². The van der Waals surface area contributed by atoms with Gasteiger partial charge in [-0.25, -0.2) is 4.98 Å². The zero-order valence-electron chi connectivity index (χ0n) is 10.7. The molecule has 19 heavy (non-hydrogen) atoms. The van der Waals surface area contributed by atoms with Gasteiger partial charge in [-0.05, 0) is 19.1 Å². The minimum atomic E-state index is 0.807. The van der Waals surface area contributed by atoms with Crippen molar-refractivity contribution < 1.29 is 0 Å². The van der Waals surface area contributed by atoms with Gasteiger partial charge in [-0.3, -0.25) is 9.97 Å². The molecule has 4 nitrogen and oxygen atoms in total. The number of hydrogen-bond acceptors (Lipinski definition) is 4. The monoisotopic (exact) mass is 250 g/mol. The van der Waals surface area contributed by atoms with Gasteiger partial charge in [0.2, 0.25) is 0 Å². The van der Waals surface area contributed by atoms with Crippen LogP contribution < -0.4 is 5.32 Å². The van der Waals surface area contributed by atoms with Crippen LogP contribution in [0.2, 0.25) is 0 Å². The van der Waals surface area contributed by atoms with E-state index in [1.54, 1.807) is 12.4 Å². The van der Waals surface area contributed by atoms with Crippen molar-refractivity contribution in [3.8, 4) is 11.3 Å². The van der Waals surface area contributed by atoms with Gasteiger partial charge in [-0.1, -0.05) is 18.2 Å². The van der Waals surface area contributed by atoms with Crippen molar-refractivity contribution in [3.63, 3.8) is 0 Å². The second-order valence-electron chi connectivity index (χ2n) is 4.16. The molecule has 1 aromatic carbocycles. The number of aromatic nitrogens is 3. The van der Waals surface area contributed by atoms with E-state index in [1.165, 1.54) is 0 Å². The van der Waals surface area contributed by atoms with Crippen molar-refractivity contribution in [1.82, 2.24) is 15.0 Å². The Bertz CT molecular complexity index is 704. The third kappa shape index (κ3) is 2.12. The molecule has 1 N–H and O–H groups in total. The summed E-state index contributed by atoms with van der Waals surface area (Å²) in [5, 5.41) is 4.33. The Morgan fingerprint density at radius 2 is 1.79 bits per heavy atom. The third-order valence-electron chi connectivity index (χ3n) is 2.95. The number of fused-ring (bicyclic) bond motifs is 1. The second kappa shape index (κ2) is 5.02. The number of anilines is 1. The topological polar surface area (TPSA) is 50.7 Å². The molecule has 0 unspecified atom stereocenters. The van der Waals surface area contributed by atoms with Crippen molar-refractivity contribution in [2.75, 3.05) is 11.9 Å². The normalized spacial score (nSPS) is 10.6. The van der Waals surface area contributed by atoms with Gasteiger partial charge in [0.1, 0.15) is 5.69 Å². The van der Waals surface area contributed by atoms with E-state index in [9.17, 15) is 0 Å². The van der Waals surface area contributed by atoms with Crippen LogP contribution in [-0.2, 0) is 0 Å². The smallest absolute Gasteiger partial charge is 0.152 e. The highest BCUT2D eigenvalue weighted by atomic mass is 15.0. The maximum atomic E-state index is 4.46. The summed E-state index contributed by atoms with van der Waals surface area (Å²) in [6.07, 6.45) is 5.22. The summed E-state index contributed by atoms with van der Waals surface area (Å²) in [4.78, 5) is 13.2. The predicted octanol–water partition coefficient (Wildman–Crippen LogP) is 3.12. The van der Waals surface area contributed by atoms with Gasteiger partial charge in [-0.15, -0.1) is 0 Å². The molecule has 2 aromatic heterocycles.